The van der Waals surface area contributed by atoms with Crippen LogP contribution in [0.3, 0.4) is 0 Å². The third kappa shape index (κ3) is 1.68. The van der Waals surface area contributed by atoms with Gasteiger partial charge in [-0.3, -0.25) is 0 Å². The fraction of sp³-hybridized carbons (Fsp3) is 0.111. The zero-order valence-electron chi connectivity index (χ0n) is 6.96. The van der Waals surface area contributed by atoms with Crippen molar-refractivity contribution in [2.24, 2.45) is 5.16 Å². The van der Waals surface area contributed by atoms with E-state index in [1.54, 1.807) is 6.07 Å². The van der Waals surface area contributed by atoms with Crippen LogP contribution in [-0.2, 0) is 9.63 Å². The SMILES string of the molecule is O=C1CC(c2cc(F)ccc2Br)=NO1. The van der Waals surface area contributed by atoms with Crippen molar-refractivity contribution < 1.29 is 14.0 Å². The second-order valence-corrected chi connectivity index (χ2v) is 3.66. The number of carbonyl (C=O) groups excluding carboxylic acids is 1. The summed E-state index contributed by atoms with van der Waals surface area (Å²) in [4.78, 5) is 15.2. The van der Waals surface area contributed by atoms with E-state index in [1.807, 2.05) is 0 Å². The molecule has 1 aromatic carbocycles. The van der Waals surface area contributed by atoms with Crippen molar-refractivity contribution in [3.05, 3.63) is 34.1 Å². The van der Waals surface area contributed by atoms with Gasteiger partial charge in [-0.05, 0) is 18.2 Å². The van der Waals surface area contributed by atoms with Crippen LogP contribution in [0.4, 0.5) is 4.39 Å². The molecule has 3 nitrogen and oxygen atoms in total. The largest absolute Gasteiger partial charge is 0.341 e. The van der Waals surface area contributed by atoms with Gasteiger partial charge in [0.2, 0.25) is 0 Å². The van der Waals surface area contributed by atoms with E-state index in [-0.39, 0.29) is 12.2 Å². The molecule has 72 valence electrons. The summed E-state index contributed by atoms with van der Waals surface area (Å²) in [6.07, 6.45) is 0.0854. The second-order valence-electron chi connectivity index (χ2n) is 2.80. The van der Waals surface area contributed by atoms with Crippen molar-refractivity contribution in [2.45, 2.75) is 6.42 Å². The van der Waals surface area contributed by atoms with E-state index in [1.165, 1.54) is 12.1 Å². The summed E-state index contributed by atoms with van der Waals surface area (Å²) in [5, 5.41) is 3.56. The van der Waals surface area contributed by atoms with Crippen molar-refractivity contribution in [3.63, 3.8) is 0 Å². The number of hydrogen-bond acceptors (Lipinski definition) is 3. The Kier molecular flexibility index (Phi) is 2.33. The lowest BCUT2D eigenvalue weighted by atomic mass is 10.1. The summed E-state index contributed by atoms with van der Waals surface area (Å²) in [6.45, 7) is 0. The van der Waals surface area contributed by atoms with Crippen LogP contribution in [0.25, 0.3) is 0 Å². The summed E-state index contributed by atoms with van der Waals surface area (Å²) in [5.41, 5.74) is 0.997. The van der Waals surface area contributed by atoms with Crippen LogP contribution in [0.15, 0.2) is 27.8 Å². The molecule has 0 saturated heterocycles. The van der Waals surface area contributed by atoms with Crippen molar-refractivity contribution in [2.75, 3.05) is 0 Å². The van der Waals surface area contributed by atoms with Crippen molar-refractivity contribution in [3.8, 4) is 0 Å². The van der Waals surface area contributed by atoms with E-state index < -0.39 is 5.97 Å². The molecule has 1 aliphatic rings. The number of rotatable bonds is 1. The average molecular weight is 258 g/mol. The highest BCUT2D eigenvalue weighted by atomic mass is 79.9. The van der Waals surface area contributed by atoms with E-state index in [2.05, 4.69) is 25.9 Å². The van der Waals surface area contributed by atoms with Gasteiger partial charge >= 0.3 is 5.97 Å². The number of hydrogen-bond donors (Lipinski definition) is 0. The molecule has 0 fully saturated rings. The quantitative estimate of drug-likeness (QED) is 0.724. The predicted octanol–water partition coefficient (Wildman–Crippen LogP) is 2.24. The van der Waals surface area contributed by atoms with Gasteiger partial charge in [-0.15, -0.1) is 0 Å². The Hall–Kier alpha value is -1.23. The Morgan fingerprint density at radius 3 is 2.93 bits per heavy atom. The minimum Gasteiger partial charge on any atom is -0.318 e. The summed E-state index contributed by atoms with van der Waals surface area (Å²) >= 11 is 3.25. The van der Waals surface area contributed by atoms with Gasteiger partial charge in [0.1, 0.15) is 11.5 Å². The number of carbonyl (C=O) groups is 1. The lowest BCUT2D eigenvalue weighted by Gasteiger charge is -2.00. The first-order chi connectivity index (χ1) is 6.66. The third-order valence-electron chi connectivity index (χ3n) is 1.81. The van der Waals surface area contributed by atoms with Gasteiger partial charge in [-0.2, -0.15) is 0 Å². The van der Waals surface area contributed by atoms with Crippen LogP contribution in [0.5, 0.6) is 0 Å². The normalized spacial score (nSPS) is 15.3. The summed E-state index contributed by atoms with van der Waals surface area (Å²) in [7, 11) is 0. The highest BCUT2D eigenvalue weighted by molar-refractivity contribution is 9.10. The van der Waals surface area contributed by atoms with Gasteiger partial charge in [0.15, 0.2) is 0 Å². The maximum Gasteiger partial charge on any atom is 0.341 e. The van der Waals surface area contributed by atoms with Gasteiger partial charge in [-0.1, -0.05) is 21.1 Å². The molecule has 1 heterocycles. The molecule has 14 heavy (non-hydrogen) atoms. The molecular weight excluding hydrogens is 253 g/mol. The topological polar surface area (TPSA) is 38.7 Å². The predicted molar refractivity (Wildman–Crippen MR) is 51.3 cm³/mol. The standard InChI is InChI=1S/C9H5BrFNO2/c10-7-2-1-5(11)3-6(7)8-4-9(13)14-12-8/h1-3H,4H2. The lowest BCUT2D eigenvalue weighted by molar-refractivity contribution is -0.140. The molecule has 2 rings (SSSR count). The molecule has 0 spiro atoms. The first-order valence-electron chi connectivity index (χ1n) is 3.89. The summed E-state index contributed by atoms with van der Waals surface area (Å²) < 4.78 is 13.6. The summed E-state index contributed by atoms with van der Waals surface area (Å²) in [5.74, 6) is -0.790. The first-order valence-corrected chi connectivity index (χ1v) is 4.68. The molecule has 1 aromatic rings. The Morgan fingerprint density at radius 1 is 1.50 bits per heavy atom. The summed E-state index contributed by atoms with van der Waals surface area (Å²) in [6, 6.07) is 4.20. The molecular formula is C9H5BrFNO2. The Morgan fingerprint density at radius 2 is 2.29 bits per heavy atom. The molecule has 0 saturated carbocycles. The average Bonchev–Trinajstić information content (AvgIpc) is 2.56. The molecule has 0 unspecified atom stereocenters. The van der Waals surface area contributed by atoms with Crippen LogP contribution in [0.2, 0.25) is 0 Å². The van der Waals surface area contributed by atoms with Crippen molar-refractivity contribution in [1.29, 1.82) is 0 Å². The van der Waals surface area contributed by atoms with Gasteiger partial charge in [0.05, 0.1) is 6.42 Å². The van der Waals surface area contributed by atoms with E-state index in [0.29, 0.717) is 15.7 Å². The Balaban J connectivity index is 2.41. The molecule has 0 amide bonds. The minimum absolute atomic E-state index is 0.0854. The van der Waals surface area contributed by atoms with E-state index in [0.717, 1.165) is 0 Å². The Labute approximate surface area is 87.7 Å². The van der Waals surface area contributed by atoms with Gasteiger partial charge < -0.3 is 4.84 Å². The van der Waals surface area contributed by atoms with Crippen molar-refractivity contribution >= 4 is 27.6 Å². The highest BCUT2D eigenvalue weighted by Crippen LogP contribution is 2.22. The first kappa shape index (κ1) is 9.33. The number of nitrogens with zero attached hydrogens (tertiary/aromatic N) is 1. The molecule has 0 atom stereocenters. The maximum absolute atomic E-state index is 12.9. The lowest BCUT2D eigenvalue weighted by Crippen LogP contribution is -2.02. The zero-order chi connectivity index (χ0) is 10.1. The van der Waals surface area contributed by atoms with Crippen LogP contribution < -0.4 is 0 Å². The molecule has 0 radical (unpaired) electrons. The zero-order valence-corrected chi connectivity index (χ0v) is 8.54. The monoisotopic (exact) mass is 257 g/mol. The minimum atomic E-state index is -0.420. The van der Waals surface area contributed by atoms with Crippen molar-refractivity contribution in [1.82, 2.24) is 0 Å². The number of benzene rings is 1. The second kappa shape index (κ2) is 3.49. The smallest absolute Gasteiger partial charge is 0.318 e. The molecule has 0 aliphatic carbocycles. The van der Waals surface area contributed by atoms with Gasteiger partial charge in [0, 0.05) is 10.0 Å². The van der Waals surface area contributed by atoms with Crippen LogP contribution in [0.1, 0.15) is 12.0 Å². The van der Waals surface area contributed by atoms with Crippen LogP contribution in [-0.4, -0.2) is 11.7 Å². The molecule has 0 N–H and O–H groups in total. The number of oxime groups is 1. The fourth-order valence-electron chi connectivity index (χ4n) is 1.17. The fourth-order valence-corrected chi connectivity index (χ4v) is 1.65. The number of halogens is 2. The van der Waals surface area contributed by atoms with E-state index >= 15 is 0 Å². The van der Waals surface area contributed by atoms with E-state index in [9.17, 15) is 9.18 Å². The molecule has 5 heteroatoms. The van der Waals surface area contributed by atoms with Crippen LogP contribution >= 0.6 is 15.9 Å². The molecule has 1 aliphatic heterocycles. The maximum atomic E-state index is 12.9. The molecule has 0 bridgehead atoms. The highest BCUT2D eigenvalue weighted by Gasteiger charge is 2.21. The third-order valence-corrected chi connectivity index (χ3v) is 2.50. The van der Waals surface area contributed by atoms with Gasteiger partial charge in [0.25, 0.3) is 0 Å². The Bertz CT molecular complexity index is 431. The van der Waals surface area contributed by atoms with Crippen LogP contribution in [0, 0.1) is 5.82 Å². The molecule has 0 aromatic heterocycles. The van der Waals surface area contributed by atoms with E-state index in [4.69, 9.17) is 0 Å². The van der Waals surface area contributed by atoms with Gasteiger partial charge in [-0.25, -0.2) is 9.18 Å².